The summed E-state index contributed by atoms with van der Waals surface area (Å²) in [5, 5.41) is 3.24. The summed E-state index contributed by atoms with van der Waals surface area (Å²) >= 11 is 0. The van der Waals surface area contributed by atoms with Gasteiger partial charge in [-0.25, -0.2) is 0 Å². The zero-order valence-electron chi connectivity index (χ0n) is 13.6. The highest BCUT2D eigenvalue weighted by Crippen LogP contribution is 2.22. The van der Waals surface area contributed by atoms with Gasteiger partial charge in [-0.2, -0.15) is 0 Å². The summed E-state index contributed by atoms with van der Waals surface area (Å²) in [7, 11) is 3.64. The fraction of sp³-hybridized carbons (Fsp3) is 0.875. The molecule has 2 fully saturated rings. The Morgan fingerprint density at radius 2 is 1.76 bits per heavy atom. The van der Waals surface area contributed by atoms with Gasteiger partial charge < -0.3 is 15.1 Å². The summed E-state index contributed by atoms with van der Waals surface area (Å²) in [6.07, 6.45) is 5.90. The van der Waals surface area contributed by atoms with Gasteiger partial charge in [0, 0.05) is 26.7 Å². The van der Waals surface area contributed by atoms with Crippen LogP contribution in [0, 0.1) is 11.8 Å². The molecule has 0 spiro atoms. The summed E-state index contributed by atoms with van der Waals surface area (Å²) in [5.41, 5.74) is 0. The van der Waals surface area contributed by atoms with Gasteiger partial charge in [0.2, 0.25) is 11.8 Å². The van der Waals surface area contributed by atoms with Crippen molar-refractivity contribution in [3.8, 4) is 0 Å². The van der Waals surface area contributed by atoms with E-state index >= 15 is 0 Å². The molecule has 1 aliphatic carbocycles. The summed E-state index contributed by atoms with van der Waals surface area (Å²) in [6.45, 7) is 3.92. The first kappa shape index (κ1) is 16.3. The molecule has 2 amide bonds. The number of rotatable bonds is 4. The largest absolute Gasteiger partial charge is 0.341 e. The molecule has 2 atom stereocenters. The van der Waals surface area contributed by atoms with E-state index in [-0.39, 0.29) is 24.3 Å². The molecule has 120 valence electrons. The van der Waals surface area contributed by atoms with E-state index in [1.54, 1.807) is 11.9 Å². The number of carbonyl (C=O) groups is 2. The third-order valence-corrected chi connectivity index (χ3v) is 5.10. The highest BCUT2D eigenvalue weighted by Gasteiger charge is 2.32. The fourth-order valence-corrected chi connectivity index (χ4v) is 3.49. The highest BCUT2D eigenvalue weighted by atomic mass is 16.2. The molecule has 1 N–H and O–H groups in total. The van der Waals surface area contributed by atoms with E-state index in [0.29, 0.717) is 12.0 Å². The lowest BCUT2D eigenvalue weighted by molar-refractivity contribution is -0.142. The summed E-state index contributed by atoms with van der Waals surface area (Å²) in [6, 6.07) is 0.363. The Hall–Kier alpha value is -1.10. The SMILES string of the molecule is C[C@@H]1CNC[C@H]1C(=O)N(C)CC(=O)N(C)C1CCCCC1. The number of nitrogens with one attached hydrogen (secondary N) is 1. The number of nitrogens with zero attached hydrogens (tertiary/aromatic N) is 2. The van der Waals surface area contributed by atoms with Gasteiger partial charge in [0.05, 0.1) is 12.5 Å². The Bertz CT molecular complexity index is 380. The lowest BCUT2D eigenvalue weighted by atomic mass is 9.94. The highest BCUT2D eigenvalue weighted by molar-refractivity contribution is 5.86. The molecule has 1 aliphatic heterocycles. The Morgan fingerprint density at radius 1 is 1.10 bits per heavy atom. The second-order valence-electron chi connectivity index (χ2n) is 6.73. The van der Waals surface area contributed by atoms with Crippen molar-refractivity contribution >= 4 is 11.8 Å². The van der Waals surface area contributed by atoms with Crippen LogP contribution in [0.2, 0.25) is 0 Å². The van der Waals surface area contributed by atoms with Crippen molar-refractivity contribution in [3.63, 3.8) is 0 Å². The van der Waals surface area contributed by atoms with Crippen LogP contribution in [0.25, 0.3) is 0 Å². The predicted molar refractivity (Wildman–Crippen MR) is 82.8 cm³/mol. The molecule has 0 bridgehead atoms. The number of hydrogen-bond donors (Lipinski definition) is 1. The molecule has 2 rings (SSSR count). The van der Waals surface area contributed by atoms with Gasteiger partial charge >= 0.3 is 0 Å². The van der Waals surface area contributed by atoms with Crippen molar-refractivity contribution in [1.29, 1.82) is 0 Å². The van der Waals surface area contributed by atoms with Crippen LogP contribution in [0.15, 0.2) is 0 Å². The molecule has 0 radical (unpaired) electrons. The van der Waals surface area contributed by atoms with Crippen LogP contribution in [0.4, 0.5) is 0 Å². The van der Waals surface area contributed by atoms with E-state index in [2.05, 4.69) is 12.2 Å². The molecule has 5 nitrogen and oxygen atoms in total. The van der Waals surface area contributed by atoms with E-state index < -0.39 is 0 Å². The molecule has 2 aliphatic rings. The summed E-state index contributed by atoms with van der Waals surface area (Å²) in [5.74, 6) is 0.531. The van der Waals surface area contributed by atoms with Gasteiger partial charge in [0.1, 0.15) is 0 Å². The van der Waals surface area contributed by atoms with E-state index in [1.165, 1.54) is 19.3 Å². The van der Waals surface area contributed by atoms with Gasteiger partial charge in [-0.3, -0.25) is 9.59 Å². The Labute approximate surface area is 128 Å². The number of amides is 2. The van der Waals surface area contributed by atoms with Crippen LogP contribution in [-0.2, 0) is 9.59 Å². The van der Waals surface area contributed by atoms with Crippen molar-refractivity contribution in [2.24, 2.45) is 11.8 Å². The minimum Gasteiger partial charge on any atom is -0.341 e. The molecular weight excluding hydrogens is 266 g/mol. The zero-order valence-corrected chi connectivity index (χ0v) is 13.6. The predicted octanol–water partition coefficient (Wildman–Crippen LogP) is 1.09. The van der Waals surface area contributed by atoms with E-state index in [1.807, 2.05) is 11.9 Å². The molecule has 0 unspecified atom stereocenters. The molecule has 0 aromatic heterocycles. The van der Waals surface area contributed by atoms with Gasteiger partial charge in [0.15, 0.2) is 0 Å². The van der Waals surface area contributed by atoms with E-state index in [4.69, 9.17) is 0 Å². The lowest BCUT2D eigenvalue weighted by Crippen LogP contribution is -2.46. The van der Waals surface area contributed by atoms with Crippen LogP contribution in [-0.4, -0.2) is 61.4 Å². The quantitative estimate of drug-likeness (QED) is 0.845. The Morgan fingerprint density at radius 3 is 2.33 bits per heavy atom. The molecule has 1 heterocycles. The average molecular weight is 295 g/mol. The van der Waals surface area contributed by atoms with Crippen molar-refractivity contribution in [2.75, 3.05) is 33.7 Å². The van der Waals surface area contributed by atoms with Crippen LogP contribution in [0.1, 0.15) is 39.0 Å². The molecule has 1 saturated heterocycles. The van der Waals surface area contributed by atoms with Gasteiger partial charge in [0.25, 0.3) is 0 Å². The topological polar surface area (TPSA) is 52.7 Å². The normalized spacial score (nSPS) is 26.6. The molecule has 21 heavy (non-hydrogen) atoms. The van der Waals surface area contributed by atoms with Crippen LogP contribution in [0.5, 0.6) is 0 Å². The Kier molecular flexibility index (Phi) is 5.62. The smallest absolute Gasteiger partial charge is 0.242 e. The number of hydrogen-bond acceptors (Lipinski definition) is 3. The van der Waals surface area contributed by atoms with Gasteiger partial charge in [-0.15, -0.1) is 0 Å². The minimum absolute atomic E-state index is 0.0165. The molecule has 0 aromatic carbocycles. The van der Waals surface area contributed by atoms with Crippen molar-refractivity contribution in [3.05, 3.63) is 0 Å². The average Bonchev–Trinajstić information content (AvgIpc) is 2.92. The minimum atomic E-state index is 0.0165. The maximum Gasteiger partial charge on any atom is 0.242 e. The fourth-order valence-electron chi connectivity index (χ4n) is 3.49. The molecule has 5 heteroatoms. The van der Waals surface area contributed by atoms with Crippen molar-refractivity contribution in [1.82, 2.24) is 15.1 Å². The van der Waals surface area contributed by atoms with E-state index in [9.17, 15) is 9.59 Å². The number of likely N-dealkylation sites (N-methyl/N-ethyl adjacent to an activating group) is 2. The van der Waals surface area contributed by atoms with Crippen LogP contribution < -0.4 is 5.32 Å². The molecular formula is C16H29N3O2. The summed E-state index contributed by atoms with van der Waals surface area (Å²) < 4.78 is 0. The van der Waals surface area contributed by atoms with E-state index in [0.717, 1.165) is 25.9 Å². The third kappa shape index (κ3) is 3.96. The number of carbonyl (C=O) groups excluding carboxylic acids is 2. The first-order valence-electron chi connectivity index (χ1n) is 8.22. The maximum atomic E-state index is 12.4. The Balaban J connectivity index is 1.84. The monoisotopic (exact) mass is 295 g/mol. The first-order valence-corrected chi connectivity index (χ1v) is 8.22. The van der Waals surface area contributed by atoms with Gasteiger partial charge in [-0.1, -0.05) is 26.2 Å². The maximum absolute atomic E-state index is 12.4. The van der Waals surface area contributed by atoms with Crippen LogP contribution in [0.3, 0.4) is 0 Å². The second-order valence-corrected chi connectivity index (χ2v) is 6.73. The first-order chi connectivity index (χ1) is 10.0. The zero-order chi connectivity index (χ0) is 15.4. The van der Waals surface area contributed by atoms with Crippen molar-refractivity contribution < 1.29 is 9.59 Å². The van der Waals surface area contributed by atoms with Gasteiger partial charge in [-0.05, 0) is 25.3 Å². The molecule has 1 saturated carbocycles. The lowest BCUT2D eigenvalue weighted by Gasteiger charge is -2.33. The molecule has 0 aromatic rings. The van der Waals surface area contributed by atoms with Crippen LogP contribution >= 0.6 is 0 Å². The third-order valence-electron chi connectivity index (χ3n) is 5.10. The second kappa shape index (κ2) is 7.25. The van der Waals surface area contributed by atoms with Crippen molar-refractivity contribution in [2.45, 2.75) is 45.1 Å². The standard InChI is InChI=1S/C16H29N3O2/c1-12-9-17-10-14(12)16(21)18(2)11-15(20)19(3)13-7-5-4-6-8-13/h12-14,17H,4-11H2,1-3H3/t12-,14-/m1/s1. The summed E-state index contributed by atoms with van der Waals surface area (Å²) in [4.78, 5) is 28.2.